The average Bonchev–Trinajstić information content (AvgIpc) is 2.27. The minimum Gasteiger partial charge on any atom is -0.393 e. The molecule has 0 aromatic heterocycles. The van der Waals surface area contributed by atoms with E-state index in [1.807, 2.05) is 38.1 Å². The van der Waals surface area contributed by atoms with Crippen molar-refractivity contribution in [3.8, 4) is 0 Å². The number of amides is 1. The predicted octanol–water partition coefficient (Wildman–Crippen LogP) is 2.04. The molecule has 1 amide bonds. The summed E-state index contributed by atoms with van der Waals surface area (Å²) in [4.78, 5) is 12.4. The zero-order valence-corrected chi connectivity index (χ0v) is 11.0. The van der Waals surface area contributed by atoms with E-state index in [1.165, 1.54) is 0 Å². The highest BCUT2D eigenvalue weighted by Crippen LogP contribution is 2.09. The second-order valence-electron chi connectivity index (χ2n) is 4.06. The summed E-state index contributed by atoms with van der Waals surface area (Å²) in [6.07, 6.45) is 1.36. The van der Waals surface area contributed by atoms with Gasteiger partial charge < -0.3 is 11.1 Å². The van der Waals surface area contributed by atoms with Crippen LogP contribution in [0.4, 0.5) is 0 Å². The molecule has 1 aromatic rings. The molecule has 1 unspecified atom stereocenters. The lowest BCUT2D eigenvalue weighted by atomic mass is 10.0. The van der Waals surface area contributed by atoms with Gasteiger partial charge in [0.2, 0.25) is 0 Å². The van der Waals surface area contributed by atoms with Crippen LogP contribution in [0.1, 0.15) is 36.2 Å². The number of rotatable bonds is 5. The molecule has 17 heavy (non-hydrogen) atoms. The monoisotopic (exact) mass is 250 g/mol. The van der Waals surface area contributed by atoms with Gasteiger partial charge in [-0.3, -0.25) is 4.79 Å². The molecule has 0 aliphatic carbocycles. The fourth-order valence-corrected chi connectivity index (χ4v) is 1.95. The van der Waals surface area contributed by atoms with E-state index in [0.29, 0.717) is 11.4 Å². The predicted molar refractivity (Wildman–Crippen MR) is 74.2 cm³/mol. The maximum atomic E-state index is 12.0. The second-order valence-corrected chi connectivity index (χ2v) is 4.58. The summed E-state index contributed by atoms with van der Waals surface area (Å²) >= 11 is 4.82. The quantitative estimate of drug-likeness (QED) is 0.786. The van der Waals surface area contributed by atoms with Crippen LogP contribution in [0.2, 0.25) is 0 Å². The number of nitrogens with one attached hydrogen (secondary N) is 1. The SMILES string of the molecule is CCc1ccccc1C(=O)NC(C)CC(N)=S. The Morgan fingerprint density at radius 2 is 2.12 bits per heavy atom. The molecule has 0 radical (unpaired) electrons. The van der Waals surface area contributed by atoms with Crippen molar-refractivity contribution >= 4 is 23.1 Å². The first-order valence-corrected chi connectivity index (χ1v) is 6.12. The van der Waals surface area contributed by atoms with Gasteiger partial charge in [-0.25, -0.2) is 0 Å². The Kier molecular flexibility index (Phi) is 5.10. The van der Waals surface area contributed by atoms with Crippen molar-refractivity contribution in [3.05, 3.63) is 35.4 Å². The zero-order chi connectivity index (χ0) is 12.8. The minimum atomic E-state index is -0.0637. The molecule has 1 rings (SSSR count). The summed E-state index contributed by atoms with van der Waals surface area (Å²) in [7, 11) is 0. The third kappa shape index (κ3) is 4.15. The lowest BCUT2D eigenvalue weighted by molar-refractivity contribution is 0.0940. The normalized spacial score (nSPS) is 11.9. The largest absolute Gasteiger partial charge is 0.393 e. The molecule has 0 saturated heterocycles. The molecule has 0 fully saturated rings. The smallest absolute Gasteiger partial charge is 0.251 e. The van der Waals surface area contributed by atoms with Crippen LogP contribution < -0.4 is 11.1 Å². The molecule has 0 aliphatic rings. The average molecular weight is 250 g/mol. The van der Waals surface area contributed by atoms with Gasteiger partial charge in [0.15, 0.2) is 0 Å². The number of benzene rings is 1. The maximum absolute atomic E-state index is 12.0. The summed E-state index contributed by atoms with van der Waals surface area (Å²) in [6, 6.07) is 7.57. The molecule has 3 nitrogen and oxygen atoms in total. The highest BCUT2D eigenvalue weighted by atomic mass is 32.1. The zero-order valence-electron chi connectivity index (χ0n) is 10.2. The van der Waals surface area contributed by atoms with E-state index in [9.17, 15) is 4.79 Å². The topological polar surface area (TPSA) is 55.1 Å². The molecule has 1 aromatic carbocycles. The van der Waals surface area contributed by atoms with Crippen molar-refractivity contribution < 1.29 is 4.79 Å². The van der Waals surface area contributed by atoms with Gasteiger partial charge in [0.1, 0.15) is 0 Å². The van der Waals surface area contributed by atoms with Crippen LogP contribution >= 0.6 is 12.2 Å². The molecule has 0 aliphatic heterocycles. The fraction of sp³-hybridized carbons (Fsp3) is 0.385. The highest BCUT2D eigenvalue weighted by molar-refractivity contribution is 7.80. The minimum absolute atomic E-state index is 0.0371. The lowest BCUT2D eigenvalue weighted by Crippen LogP contribution is -2.35. The molecule has 3 N–H and O–H groups in total. The molecule has 0 heterocycles. The number of nitrogens with two attached hydrogens (primary N) is 1. The van der Waals surface area contributed by atoms with Gasteiger partial charge in [-0.1, -0.05) is 37.3 Å². The molecular formula is C13H18N2OS. The Labute approximate surface area is 107 Å². The molecular weight excluding hydrogens is 232 g/mol. The number of aryl methyl sites for hydroxylation is 1. The van der Waals surface area contributed by atoms with E-state index in [0.717, 1.165) is 17.5 Å². The Balaban J connectivity index is 2.72. The van der Waals surface area contributed by atoms with Crippen molar-refractivity contribution in [2.24, 2.45) is 5.73 Å². The maximum Gasteiger partial charge on any atom is 0.251 e. The Morgan fingerprint density at radius 3 is 2.71 bits per heavy atom. The van der Waals surface area contributed by atoms with Crippen molar-refractivity contribution in [1.29, 1.82) is 0 Å². The van der Waals surface area contributed by atoms with Crippen molar-refractivity contribution in [3.63, 3.8) is 0 Å². The summed E-state index contributed by atoms with van der Waals surface area (Å²) in [6.45, 7) is 3.93. The lowest BCUT2D eigenvalue weighted by Gasteiger charge is -2.14. The molecule has 0 saturated carbocycles. The number of carbonyl (C=O) groups excluding carboxylic acids is 1. The highest BCUT2D eigenvalue weighted by Gasteiger charge is 2.12. The van der Waals surface area contributed by atoms with Gasteiger partial charge >= 0.3 is 0 Å². The van der Waals surface area contributed by atoms with Crippen molar-refractivity contribution in [2.75, 3.05) is 0 Å². The number of thiocarbonyl (C=S) groups is 1. The first-order chi connectivity index (χ1) is 8.04. The van der Waals surface area contributed by atoms with Crippen LogP contribution in [0, 0.1) is 0 Å². The standard InChI is InChI=1S/C13H18N2OS/c1-3-10-6-4-5-7-11(10)13(16)15-9(2)8-12(14)17/h4-7,9H,3,8H2,1-2H3,(H2,14,17)(H,15,16). The second kappa shape index (κ2) is 6.35. The van der Waals surface area contributed by atoms with Crippen LogP contribution in [0.15, 0.2) is 24.3 Å². The van der Waals surface area contributed by atoms with Gasteiger partial charge in [0.05, 0.1) is 4.99 Å². The number of hydrogen-bond donors (Lipinski definition) is 2. The first-order valence-electron chi connectivity index (χ1n) is 5.71. The summed E-state index contributed by atoms with van der Waals surface area (Å²) in [5, 5.41) is 2.90. The van der Waals surface area contributed by atoms with Crippen molar-refractivity contribution in [2.45, 2.75) is 32.7 Å². The van der Waals surface area contributed by atoms with Gasteiger partial charge in [-0.2, -0.15) is 0 Å². The third-order valence-corrected chi connectivity index (χ3v) is 2.69. The van der Waals surface area contributed by atoms with Gasteiger partial charge in [-0.05, 0) is 25.0 Å². The third-order valence-electron chi connectivity index (χ3n) is 2.53. The molecule has 1 atom stereocenters. The molecule has 0 bridgehead atoms. The first kappa shape index (κ1) is 13.6. The van der Waals surface area contributed by atoms with E-state index < -0.39 is 0 Å². The van der Waals surface area contributed by atoms with Crippen LogP contribution in [0.5, 0.6) is 0 Å². The van der Waals surface area contributed by atoms with Crippen LogP contribution in [-0.2, 0) is 6.42 Å². The van der Waals surface area contributed by atoms with Gasteiger partial charge in [0, 0.05) is 18.0 Å². The van der Waals surface area contributed by atoms with E-state index >= 15 is 0 Å². The van der Waals surface area contributed by atoms with Gasteiger partial charge in [0.25, 0.3) is 5.91 Å². The van der Waals surface area contributed by atoms with Crippen LogP contribution in [0.3, 0.4) is 0 Å². The number of hydrogen-bond acceptors (Lipinski definition) is 2. The summed E-state index contributed by atoms with van der Waals surface area (Å²) in [5.41, 5.74) is 7.22. The van der Waals surface area contributed by atoms with Crippen LogP contribution in [-0.4, -0.2) is 16.9 Å². The van der Waals surface area contributed by atoms with E-state index in [2.05, 4.69) is 5.32 Å². The fourth-order valence-electron chi connectivity index (χ4n) is 1.70. The Morgan fingerprint density at radius 1 is 1.47 bits per heavy atom. The number of carbonyl (C=O) groups is 1. The Bertz CT molecular complexity index is 418. The van der Waals surface area contributed by atoms with E-state index in [4.69, 9.17) is 18.0 Å². The van der Waals surface area contributed by atoms with Crippen molar-refractivity contribution in [1.82, 2.24) is 5.32 Å². The summed E-state index contributed by atoms with van der Waals surface area (Å²) in [5.74, 6) is -0.0637. The molecule has 4 heteroatoms. The van der Waals surface area contributed by atoms with E-state index in [1.54, 1.807) is 0 Å². The van der Waals surface area contributed by atoms with Crippen LogP contribution in [0.25, 0.3) is 0 Å². The van der Waals surface area contributed by atoms with E-state index in [-0.39, 0.29) is 11.9 Å². The molecule has 0 spiro atoms. The summed E-state index contributed by atoms with van der Waals surface area (Å²) < 4.78 is 0. The van der Waals surface area contributed by atoms with Gasteiger partial charge in [-0.15, -0.1) is 0 Å². The molecule has 92 valence electrons. The Hall–Kier alpha value is -1.42.